The maximum absolute atomic E-state index is 12.9. The van der Waals surface area contributed by atoms with Crippen LogP contribution in [0.15, 0.2) is 47.4 Å². The highest BCUT2D eigenvalue weighted by Gasteiger charge is 2.27. The number of nitrogens with one attached hydrogen (secondary N) is 1. The summed E-state index contributed by atoms with van der Waals surface area (Å²) in [6.07, 6.45) is 3.41. The van der Waals surface area contributed by atoms with E-state index < -0.39 is 0 Å². The number of hydrogen-bond donors (Lipinski definition) is 1. The number of likely N-dealkylation sites (tertiary alicyclic amines) is 1. The van der Waals surface area contributed by atoms with Crippen molar-refractivity contribution in [3.05, 3.63) is 64.1 Å². The molecule has 1 saturated heterocycles. The molecular formula is C25H29N5O3. The monoisotopic (exact) mass is 447 g/mol. The normalized spacial score (nSPS) is 15.9. The van der Waals surface area contributed by atoms with Crippen LogP contribution in [0.3, 0.4) is 0 Å². The van der Waals surface area contributed by atoms with Crippen molar-refractivity contribution in [2.75, 3.05) is 18.4 Å². The quantitative estimate of drug-likeness (QED) is 0.597. The van der Waals surface area contributed by atoms with E-state index in [0.29, 0.717) is 43.1 Å². The molecule has 0 aliphatic carbocycles. The third-order valence-corrected chi connectivity index (χ3v) is 5.99. The maximum Gasteiger partial charge on any atom is 0.253 e. The number of nitrogens with zero attached hydrogens (tertiary/aromatic N) is 4. The molecule has 0 bridgehead atoms. The zero-order valence-corrected chi connectivity index (χ0v) is 19.2. The minimum atomic E-state index is -0.0927. The Bertz CT molecular complexity index is 1230. The molecule has 1 N–H and O–H groups in total. The van der Waals surface area contributed by atoms with E-state index in [1.807, 2.05) is 37.8 Å². The first-order chi connectivity index (χ1) is 15.9. The number of carbonyl (C=O) groups is 2. The molecule has 0 saturated carbocycles. The van der Waals surface area contributed by atoms with Crippen molar-refractivity contribution >= 4 is 28.7 Å². The van der Waals surface area contributed by atoms with E-state index in [9.17, 15) is 14.4 Å². The molecule has 172 valence electrons. The van der Waals surface area contributed by atoms with Crippen LogP contribution in [0, 0.1) is 0 Å². The largest absolute Gasteiger partial charge is 0.350 e. The van der Waals surface area contributed by atoms with Gasteiger partial charge in [-0.05, 0) is 44.0 Å². The molecule has 1 aliphatic rings. The zero-order valence-electron chi connectivity index (χ0n) is 19.2. The smallest absolute Gasteiger partial charge is 0.253 e. The second kappa shape index (κ2) is 9.52. The van der Waals surface area contributed by atoms with Crippen LogP contribution in [0.4, 0.5) is 5.95 Å². The number of pyridine rings is 1. The number of aromatic nitrogens is 3. The number of carbonyl (C=O) groups excluding carboxylic acids is 2. The van der Waals surface area contributed by atoms with Crippen molar-refractivity contribution in [3.8, 4) is 0 Å². The van der Waals surface area contributed by atoms with Crippen LogP contribution in [-0.4, -0.2) is 50.3 Å². The van der Waals surface area contributed by atoms with Gasteiger partial charge >= 0.3 is 0 Å². The van der Waals surface area contributed by atoms with E-state index in [1.54, 1.807) is 29.0 Å². The van der Waals surface area contributed by atoms with Crippen LogP contribution in [0.25, 0.3) is 11.0 Å². The van der Waals surface area contributed by atoms with Gasteiger partial charge in [0.15, 0.2) is 0 Å². The lowest BCUT2D eigenvalue weighted by Crippen LogP contribution is -2.32. The van der Waals surface area contributed by atoms with E-state index in [2.05, 4.69) is 15.3 Å². The highest BCUT2D eigenvalue weighted by Crippen LogP contribution is 2.19. The number of hydrogen-bond acceptors (Lipinski definition) is 6. The van der Waals surface area contributed by atoms with Gasteiger partial charge in [-0.2, -0.15) is 4.98 Å². The molecule has 3 heterocycles. The first kappa shape index (κ1) is 22.6. The average molecular weight is 448 g/mol. The molecule has 1 aromatic carbocycles. The fourth-order valence-electron chi connectivity index (χ4n) is 4.15. The Morgan fingerprint density at radius 2 is 1.91 bits per heavy atom. The third kappa shape index (κ3) is 4.94. The molecule has 0 radical (unpaired) electrons. The van der Waals surface area contributed by atoms with Crippen molar-refractivity contribution in [3.63, 3.8) is 0 Å². The van der Waals surface area contributed by atoms with Gasteiger partial charge < -0.3 is 10.2 Å². The van der Waals surface area contributed by atoms with Gasteiger partial charge in [-0.3, -0.25) is 19.0 Å². The summed E-state index contributed by atoms with van der Waals surface area (Å²) in [6.45, 7) is 6.93. The Kier molecular flexibility index (Phi) is 6.53. The Morgan fingerprint density at radius 1 is 1.15 bits per heavy atom. The molecule has 1 fully saturated rings. The fourth-order valence-corrected chi connectivity index (χ4v) is 4.15. The van der Waals surface area contributed by atoms with Gasteiger partial charge in [-0.25, -0.2) is 4.98 Å². The molecule has 4 rings (SSSR count). The van der Waals surface area contributed by atoms with E-state index in [-0.39, 0.29) is 29.3 Å². The number of ketones is 1. The number of rotatable bonds is 7. The van der Waals surface area contributed by atoms with Crippen LogP contribution in [0.5, 0.6) is 0 Å². The van der Waals surface area contributed by atoms with Crippen LogP contribution in [0.1, 0.15) is 55.6 Å². The minimum absolute atomic E-state index is 0.0185. The molecule has 33 heavy (non-hydrogen) atoms. The van der Waals surface area contributed by atoms with Crippen LogP contribution in [0.2, 0.25) is 0 Å². The van der Waals surface area contributed by atoms with Gasteiger partial charge in [0.1, 0.15) is 11.4 Å². The van der Waals surface area contributed by atoms with Crippen molar-refractivity contribution < 1.29 is 9.59 Å². The molecule has 1 amide bonds. The summed E-state index contributed by atoms with van der Waals surface area (Å²) >= 11 is 0. The Labute approximate surface area is 192 Å². The van der Waals surface area contributed by atoms with E-state index in [4.69, 9.17) is 0 Å². The number of anilines is 1. The Balaban J connectivity index is 1.43. The molecule has 2 aromatic heterocycles. The standard InChI is InChI=1S/C25H29N5O3/c1-4-21(31)13-17-5-7-18(8-6-17)24(33)29-12-11-20(15-29)27-25-26-14-19-9-10-22(32)30(16(2)3)23(19)28-25/h5-10,14,16,20H,4,11-13,15H2,1-3H3,(H,26,27,28)/t20-/m1/s1. The minimum Gasteiger partial charge on any atom is -0.350 e. The lowest BCUT2D eigenvalue weighted by atomic mass is 10.1. The van der Waals surface area contributed by atoms with Crippen LogP contribution in [-0.2, 0) is 11.2 Å². The molecule has 8 heteroatoms. The molecule has 1 aliphatic heterocycles. The van der Waals surface area contributed by atoms with Crippen LogP contribution < -0.4 is 10.9 Å². The molecule has 1 atom stereocenters. The molecule has 8 nitrogen and oxygen atoms in total. The van der Waals surface area contributed by atoms with E-state index in [0.717, 1.165) is 17.4 Å². The second-order valence-electron chi connectivity index (χ2n) is 8.75. The van der Waals surface area contributed by atoms with Gasteiger partial charge in [-0.1, -0.05) is 19.1 Å². The number of amides is 1. The average Bonchev–Trinajstić information content (AvgIpc) is 3.27. The van der Waals surface area contributed by atoms with E-state index >= 15 is 0 Å². The summed E-state index contributed by atoms with van der Waals surface area (Å²) in [5.41, 5.74) is 2.05. The van der Waals surface area contributed by atoms with Gasteiger partial charge in [0, 0.05) is 61.2 Å². The predicted octanol–water partition coefficient (Wildman–Crippen LogP) is 3.22. The highest BCUT2D eigenvalue weighted by molar-refractivity contribution is 5.94. The van der Waals surface area contributed by atoms with E-state index in [1.165, 1.54) is 6.07 Å². The summed E-state index contributed by atoms with van der Waals surface area (Å²) < 4.78 is 1.66. The molecule has 0 unspecified atom stereocenters. The number of Topliss-reactive ketones (excluding diaryl/α,β-unsaturated/α-hetero) is 1. The van der Waals surface area contributed by atoms with Crippen molar-refractivity contribution in [2.45, 2.75) is 52.1 Å². The second-order valence-corrected chi connectivity index (χ2v) is 8.75. The maximum atomic E-state index is 12.9. The highest BCUT2D eigenvalue weighted by atomic mass is 16.2. The van der Waals surface area contributed by atoms with Gasteiger partial charge in [0.25, 0.3) is 11.5 Å². The topological polar surface area (TPSA) is 97.2 Å². The summed E-state index contributed by atoms with van der Waals surface area (Å²) in [4.78, 5) is 47.7. The van der Waals surface area contributed by atoms with Gasteiger partial charge in [0.2, 0.25) is 5.95 Å². The zero-order chi connectivity index (χ0) is 23.5. The first-order valence-electron chi connectivity index (χ1n) is 11.4. The predicted molar refractivity (Wildman–Crippen MR) is 128 cm³/mol. The summed E-state index contributed by atoms with van der Waals surface area (Å²) in [6, 6.07) is 10.6. The Morgan fingerprint density at radius 3 is 2.61 bits per heavy atom. The van der Waals surface area contributed by atoms with Crippen molar-refractivity contribution in [1.29, 1.82) is 0 Å². The summed E-state index contributed by atoms with van der Waals surface area (Å²) in [5.74, 6) is 0.608. The summed E-state index contributed by atoms with van der Waals surface area (Å²) in [7, 11) is 0. The fraction of sp³-hybridized carbons (Fsp3) is 0.400. The lowest BCUT2D eigenvalue weighted by molar-refractivity contribution is -0.118. The number of fused-ring (bicyclic) bond motifs is 1. The number of benzene rings is 1. The molecular weight excluding hydrogens is 418 g/mol. The summed E-state index contributed by atoms with van der Waals surface area (Å²) in [5, 5.41) is 4.13. The van der Waals surface area contributed by atoms with Crippen molar-refractivity contribution in [1.82, 2.24) is 19.4 Å². The third-order valence-electron chi connectivity index (χ3n) is 5.99. The van der Waals surface area contributed by atoms with Crippen molar-refractivity contribution in [2.24, 2.45) is 0 Å². The molecule has 0 spiro atoms. The van der Waals surface area contributed by atoms with Gasteiger partial charge in [0.05, 0.1) is 0 Å². The van der Waals surface area contributed by atoms with Crippen LogP contribution >= 0.6 is 0 Å². The van der Waals surface area contributed by atoms with Gasteiger partial charge in [-0.15, -0.1) is 0 Å². The SMILES string of the molecule is CCC(=O)Cc1ccc(C(=O)N2CC[C@@H](Nc3ncc4ccc(=O)n(C(C)C)c4n3)C2)cc1. The Hall–Kier alpha value is -3.55. The first-order valence-corrected chi connectivity index (χ1v) is 11.4. The molecule has 3 aromatic rings. The lowest BCUT2D eigenvalue weighted by Gasteiger charge is -2.18.